The molecule has 0 saturated carbocycles. The van der Waals surface area contributed by atoms with Crippen molar-refractivity contribution in [2.75, 3.05) is 11.1 Å². The molecule has 2 heterocycles. The number of nitrogens with two attached hydrogens (primary N) is 1. The van der Waals surface area contributed by atoms with E-state index in [0.717, 1.165) is 29.3 Å². The van der Waals surface area contributed by atoms with Gasteiger partial charge in [0.2, 0.25) is 0 Å². The fraction of sp³-hybridized carbons (Fsp3) is 0.0698. The average molecular weight is 797 g/mol. The highest BCUT2D eigenvalue weighted by Crippen LogP contribution is 2.32. The van der Waals surface area contributed by atoms with Crippen LogP contribution in [0.25, 0.3) is 21.8 Å². The van der Waals surface area contributed by atoms with E-state index in [1.54, 1.807) is 36.4 Å². The predicted octanol–water partition coefficient (Wildman–Crippen LogP) is 12.8. The first-order valence-corrected chi connectivity index (χ1v) is 17.1. The maximum Gasteiger partial charge on any atom is 0.416 e. The second kappa shape index (κ2) is 18.7. The molecule has 0 atom stereocenters. The molecule has 0 aliphatic heterocycles. The lowest BCUT2D eigenvalue weighted by Gasteiger charge is -2.11. The average Bonchev–Trinajstić information content (AvgIpc) is 3.18. The van der Waals surface area contributed by atoms with Crippen LogP contribution in [0.3, 0.4) is 0 Å². The first kappa shape index (κ1) is 41.3. The van der Waals surface area contributed by atoms with Crippen molar-refractivity contribution in [2.24, 2.45) is 0 Å². The highest BCUT2D eigenvalue weighted by Gasteiger charge is 2.30. The first-order valence-electron chi connectivity index (χ1n) is 16.7. The Hall–Kier alpha value is -6.86. The van der Waals surface area contributed by atoms with E-state index in [2.05, 4.69) is 25.3 Å². The molecule has 0 bridgehead atoms. The number of benzene rings is 6. The van der Waals surface area contributed by atoms with E-state index in [0.29, 0.717) is 50.0 Å². The van der Waals surface area contributed by atoms with Crippen molar-refractivity contribution >= 4 is 50.6 Å². The van der Waals surface area contributed by atoms with E-state index in [4.69, 9.17) is 26.8 Å². The molecule has 0 aliphatic carbocycles. The van der Waals surface area contributed by atoms with Crippen LogP contribution < -0.4 is 20.5 Å². The highest BCUT2D eigenvalue weighted by atomic mass is 35.5. The van der Waals surface area contributed by atoms with E-state index in [-0.39, 0.29) is 19.1 Å². The third-order valence-electron chi connectivity index (χ3n) is 7.82. The first-order chi connectivity index (χ1) is 26.9. The number of halogens is 6. The minimum absolute atomic E-state index is 0. The monoisotopic (exact) mass is 796 g/mol. The van der Waals surface area contributed by atoms with Crippen LogP contribution in [0.2, 0.25) is 5.15 Å². The molecule has 14 heteroatoms. The number of nitrogen functional groups attached to an aromatic ring is 1. The molecule has 0 saturated heterocycles. The third kappa shape index (κ3) is 11.6. The van der Waals surface area contributed by atoms with E-state index < -0.39 is 11.7 Å². The summed E-state index contributed by atoms with van der Waals surface area (Å²) in [5.41, 5.74) is 8.52. The van der Waals surface area contributed by atoms with E-state index in [1.165, 1.54) is 54.6 Å². The zero-order valence-electron chi connectivity index (χ0n) is 29.3. The number of rotatable bonds is 6. The molecule has 2 aromatic heterocycles. The van der Waals surface area contributed by atoms with Gasteiger partial charge in [0.25, 0.3) is 0 Å². The molecule has 3 N–H and O–H groups in total. The van der Waals surface area contributed by atoms with Gasteiger partial charge >= 0.3 is 6.18 Å². The van der Waals surface area contributed by atoms with Crippen LogP contribution in [0.4, 0.5) is 39.1 Å². The molecule has 8 nitrogen and oxygen atoms in total. The molecule has 290 valence electrons. The Kier molecular flexibility index (Phi) is 13.5. The molecule has 0 radical (unpaired) electrons. The Bertz CT molecular complexity index is 2500. The van der Waals surface area contributed by atoms with Gasteiger partial charge in [-0.05, 0) is 116 Å². The van der Waals surface area contributed by atoms with Crippen LogP contribution in [0.1, 0.15) is 18.6 Å². The van der Waals surface area contributed by atoms with Crippen LogP contribution in [0.5, 0.6) is 23.0 Å². The zero-order chi connectivity index (χ0) is 39.7. The van der Waals surface area contributed by atoms with Crippen LogP contribution >= 0.6 is 11.6 Å². The summed E-state index contributed by atoms with van der Waals surface area (Å²) in [6, 6.07) is 35.0. The zero-order valence-corrected chi connectivity index (χ0v) is 30.1. The van der Waals surface area contributed by atoms with Gasteiger partial charge in [0.1, 0.15) is 58.3 Å². The predicted molar refractivity (Wildman–Crippen MR) is 214 cm³/mol. The smallest absolute Gasteiger partial charge is 0.416 e. The van der Waals surface area contributed by atoms with E-state index >= 15 is 0 Å². The van der Waals surface area contributed by atoms with Crippen molar-refractivity contribution in [3.05, 3.63) is 174 Å². The molecule has 8 aromatic rings. The van der Waals surface area contributed by atoms with Gasteiger partial charge in [0, 0.05) is 34.3 Å². The van der Waals surface area contributed by atoms with Gasteiger partial charge in [-0.1, -0.05) is 36.7 Å². The van der Waals surface area contributed by atoms with Crippen molar-refractivity contribution in [3.63, 3.8) is 0 Å². The van der Waals surface area contributed by atoms with Gasteiger partial charge in [0.05, 0.1) is 16.6 Å². The lowest BCUT2D eigenvalue weighted by molar-refractivity contribution is -0.137. The van der Waals surface area contributed by atoms with Crippen molar-refractivity contribution in [1.82, 2.24) is 19.9 Å². The quantitative estimate of drug-likeness (QED) is 0.0973. The lowest BCUT2D eigenvalue weighted by Crippen LogP contribution is -2.03. The van der Waals surface area contributed by atoms with E-state index in [9.17, 15) is 22.0 Å². The molecular weight excluding hydrogens is 763 g/mol. The number of hydrogen-bond acceptors (Lipinski definition) is 8. The summed E-state index contributed by atoms with van der Waals surface area (Å²) in [4.78, 5) is 15.9. The Morgan fingerprint density at radius 1 is 0.579 bits per heavy atom. The topological polar surface area (TPSA) is 108 Å². The van der Waals surface area contributed by atoms with Crippen LogP contribution in [0, 0.1) is 18.6 Å². The number of ether oxygens (including phenoxy) is 2. The number of nitrogens with one attached hydrogen (secondary N) is 1. The summed E-state index contributed by atoms with van der Waals surface area (Å²) in [6.07, 6.45) is -1.74. The second-order valence-electron chi connectivity index (χ2n) is 12.0. The Morgan fingerprint density at radius 2 is 1.04 bits per heavy atom. The number of alkyl halides is 3. The highest BCUT2D eigenvalue weighted by molar-refractivity contribution is 6.33. The summed E-state index contributed by atoms with van der Waals surface area (Å²) in [5, 5.41) is 4.81. The fourth-order valence-electron chi connectivity index (χ4n) is 5.00. The van der Waals surface area contributed by atoms with E-state index in [1.807, 2.05) is 55.5 Å². The number of aryl methyl sites for hydroxylation is 1. The van der Waals surface area contributed by atoms with Crippen molar-refractivity contribution < 1.29 is 31.4 Å². The summed E-state index contributed by atoms with van der Waals surface area (Å²) in [6.45, 7) is 2.05. The summed E-state index contributed by atoms with van der Waals surface area (Å²) < 4.78 is 75.1. The molecule has 0 spiro atoms. The van der Waals surface area contributed by atoms with Crippen molar-refractivity contribution in [3.8, 4) is 23.0 Å². The summed E-state index contributed by atoms with van der Waals surface area (Å²) in [7, 11) is 0. The normalized spacial score (nSPS) is 10.6. The number of hydrogen-bond donors (Lipinski definition) is 2. The van der Waals surface area contributed by atoms with Gasteiger partial charge in [0.15, 0.2) is 0 Å². The van der Waals surface area contributed by atoms with Gasteiger partial charge < -0.3 is 20.5 Å². The van der Waals surface area contributed by atoms with Crippen molar-refractivity contribution in [2.45, 2.75) is 20.5 Å². The molecule has 57 heavy (non-hydrogen) atoms. The minimum Gasteiger partial charge on any atom is -0.457 e. The number of anilines is 3. The van der Waals surface area contributed by atoms with Gasteiger partial charge in [-0.2, -0.15) is 13.2 Å². The standard InChI is InChI=1S/C21H13F4N3O.C13H13NO.C8H4ClFN2.CH4/c22-14-3-10-18-19(11-14)26-12-27-20(18)28-15-4-8-17(9-5-15)29-16-6-1-13(2-7-16)21(23,24)25;1-10-2-6-12(7-3-10)15-13-8-4-11(14)5-9-13;9-8-6-2-1-5(10)3-7(6)11-4-12-8;/h1-12H,(H,26,27,28);2-9H,14H2,1H3;1-4H;1H4. The molecule has 6 aromatic carbocycles. The molecular formula is C43H34ClF5N6O2. The second-order valence-corrected chi connectivity index (χ2v) is 12.3. The van der Waals surface area contributed by atoms with Crippen molar-refractivity contribution in [1.29, 1.82) is 0 Å². The number of aromatic nitrogens is 4. The van der Waals surface area contributed by atoms with Crippen LogP contribution in [0.15, 0.2) is 146 Å². The van der Waals surface area contributed by atoms with Gasteiger partial charge in [-0.15, -0.1) is 0 Å². The molecule has 0 amide bonds. The molecule has 8 rings (SSSR count). The van der Waals surface area contributed by atoms with Gasteiger partial charge in [-0.3, -0.25) is 0 Å². The molecule has 0 unspecified atom stereocenters. The Morgan fingerprint density at radius 3 is 1.58 bits per heavy atom. The number of fused-ring (bicyclic) bond motifs is 2. The minimum atomic E-state index is -4.39. The maximum atomic E-state index is 13.3. The summed E-state index contributed by atoms with van der Waals surface area (Å²) in [5.74, 6) is 2.21. The lowest BCUT2D eigenvalue weighted by atomic mass is 10.2. The SMILES string of the molecule is C.Cc1ccc(Oc2ccc(N)cc2)cc1.Fc1ccc2c(Cl)ncnc2c1.Fc1ccc2c(Nc3ccc(Oc4ccc(C(F)(F)F)cc4)cc3)ncnc2c1. The molecule has 0 fully saturated rings. The Balaban J connectivity index is 0.000000184. The number of nitrogens with zero attached hydrogens (tertiary/aromatic N) is 4. The fourth-order valence-corrected chi connectivity index (χ4v) is 5.20. The Labute approximate surface area is 329 Å². The largest absolute Gasteiger partial charge is 0.457 e. The maximum absolute atomic E-state index is 13.3. The van der Waals surface area contributed by atoms with Crippen LogP contribution in [-0.4, -0.2) is 19.9 Å². The molecule has 0 aliphatic rings. The third-order valence-corrected chi connectivity index (χ3v) is 8.12. The van der Waals surface area contributed by atoms with Crippen LogP contribution in [-0.2, 0) is 6.18 Å². The summed E-state index contributed by atoms with van der Waals surface area (Å²) >= 11 is 5.74. The van der Waals surface area contributed by atoms with Gasteiger partial charge in [-0.25, -0.2) is 28.7 Å².